The molecular weight excluding hydrogens is 412 g/mol. The van der Waals surface area contributed by atoms with Gasteiger partial charge < -0.3 is 19.9 Å². The first-order valence-electron chi connectivity index (χ1n) is 10.2. The Morgan fingerprint density at radius 1 is 1.00 bits per heavy atom. The van der Waals surface area contributed by atoms with Gasteiger partial charge in [-0.05, 0) is 42.1 Å². The summed E-state index contributed by atoms with van der Waals surface area (Å²) in [5.74, 6) is 1.39. The molecule has 0 aliphatic carbocycles. The van der Waals surface area contributed by atoms with Crippen LogP contribution in [-0.2, 0) is 4.79 Å². The normalized spacial score (nSPS) is 14.1. The minimum absolute atomic E-state index is 0.00898. The highest BCUT2D eigenvalue weighted by atomic mass is 32.1. The molecule has 160 valence electrons. The number of nitrogens with zero attached hydrogens (tertiary/aromatic N) is 3. The topological polar surface area (TPSA) is 74.8 Å². The average molecular weight is 437 g/mol. The maximum atomic E-state index is 12.5. The van der Waals surface area contributed by atoms with E-state index in [1.807, 2.05) is 58.8 Å². The molecule has 3 aromatic rings. The van der Waals surface area contributed by atoms with Crippen LogP contribution in [0, 0.1) is 0 Å². The molecule has 2 amide bonds. The summed E-state index contributed by atoms with van der Waals surface area (Å²) < 4.78 is 5.59. The van der Waals surface area contributed by atoms with Crippen molar-refractivity contribution in [1.29, 1.82) is 0 Å². The Hall–Kier alpha value is -3.39. The second-order valence-corrected chi connectivity index (χ2v) is 8.11. The highest BCUT2D eigenvalue weighted by Crippen LogP contribution is 2.18. The predicted molar refractivity (Wildman–Crippen MR) is 122 cm³/mol. The predicted octanol–water partition coefficient (Wildman–Crippen LogP) is 3.51. The van der Waals surface area contributed by atoms with E-state index in [1.54, 1.807) is 12.3 Å². The van der Waals surface area contributed by atoms with Gasteiger partial charge in [-0.15, -0.1) is 11.3 Å². The highest BCUT2D eigenvalue weighted by Gasteiger charge is 2.20. The fraction of sp³-hybridized carbons (Fsp3) is 0.261. The Balaban J connectivity index is 1.29. The molecule has 0 radical (unpaired) electrons. The zero-order valence-electron chi connectivity index (χ0n) is 17.1. The zero-order valence-corrected chi connectivity index (χ0v) is 17.9. The minimum atomic E-state index is -0.133. The monoisotopic (exact) mass is 436 g/mol. The number of hydrogen-bond donors (Lipinski definition) is 1. The Labute approximate surface area is 185 Å². The van der Waals surface area contributed by atoms with Crippen LogP contribution in [0.25, 0.3) is 0 Å². The molecule has 0 spiro atoms. The number of aromatic nitrogens is 1. The molecule has 1 aliphatic heterocycles. The van der Waals surface area contributed by atoms with E-state index in [0.29, 0.717) is 35.9 Å². The van der Waals surface area contributed by atoms with Gasteiger partial charge in [0.25, 0.3) is 11.8 Å². The van der Waals surface area contributed by atoms with Crippen molar-refractivity contribution in [2.45, 2.75) is 6.42 Å². The molecule has 1 N–H and O–H groups in total. The van der Waals surface area contributed by atoms with Gasteiger partial charge in [-0.25, -0.2) is 4.98 Å². The molecule has 8 heteroatoms. The summed E-state index contributed by atoms with van der Waals surface area (Å²) >= 11 is 1.40. The van der Waals surface area contributed by atoms with Crippen molar-refractivity contribution in [3.05, 3.63) is 71.1 Å². The number of hydrogen-bond acceptors (Lipinski definition) is 6. The summed E-state index contributed by atoms with van der Waals surface area (Å²) in [6.07, 6.45) is 2.53. The molecule has 3 heterocycles. The number of thiophene rings is 1. The Morgan fingerprint density at radius 3 is 2.61 bits per heavy atom. The number of benzene rings is 1. The van der Waals surface area contributed by atoms with Gasteiger partial charge in [-0.1, -0.05) is 24.3 Å². The van der Waals surface area contributed by atoms with E-state index in [9.17, 15) is 9.59 Å². The van der Waals surface area contributed by atoms with Gasteiger partial charge in [-0.3, -0.25) is 9.59 Å². The first kappa shape index (κ1) is 20.9. The van der Waals surface area contributed by atoms with Gasteiger partial charge in [-0.2, -0.15) is 0 Å². The second-order valence-electron chi connectivity index (χ2n) is 7.16. The van der Waals surface area contributed by atoms with Crippen LogP contribution < -0.4 is 15.0 Å². The van der Waals surface area contributed by atoms with Crippen LogP contribution in [0.2, 0.25) is 0 Å². The zero-order chi connectivity index (χ0) is 21.5. The van der Waals surface area contributed by atoms with Crippen molar-refractivity contribution >= 4 is 34.7 Å². The molecule has 2 aromatic heterocycles. The first-order valence-corrected chi connectivity index (χ1v) is 11.1. The van der Waals surface area contributed by atoms with Gasteiger partial charge in [0.1, 0.15) is 11.6 Å². The van der Waals surface area contributed by atoms with Crippen molar-refractivity contribution in [2.24, 2.45) is 0 Å². The van der Waals surface area contributed by atoms with Crippen LogP contribution in [0.3, 0.4) is 0 Å². The number of carbonyl (C=O) groups excluding carboxylic acids is 2. The maximum absolute atomic E-state index is 12.5. The maximum Gasteiger partial charge on any atom is 0.265 e. The Kier molecular flexibility index (Phi) is 6.78. The van der Waals surface area contributed by atoms with Crippen molar-refractivity contribution in [3.63, 3.8) is 0 Å². The van der Waals surface area contributed by atoms with Gasteiger partial charge in [0.15, 0.2) is 6.61 Å². The number of carbonyl (C=O) groups is 2. The summed E-state index contributed by atoms with van der Waals surface area (Å²) in [7, 11) is 0. The molecule has 0 saturated carbocycles. The van der Waals surface area contributed by atoms with Gasteiger partial charge in [0.2, 0.25) is 0 Å². The number of pyridine rings is 1. The summed E-state index contributed by atoms with van der Waals surface area (Å²) in [4.78, 5) is 33.9. The minimum Gasteiger partial charge on any atom is -0.484 e. The molecule has 1 saturated heterocycles. The number of anilines is 2. The van der Waals surface area contributed by atoms with E-state index in [1.165, 1.54) is 11.3 Å². The molecule has 0 unspecified atom stereocenters. The number of amides is 2. The number of ether oxygens (including phenoxy) is 1. The fourth-order valence-electron chi connectivity index (χ4n) is 3.40. The molecule has 1 fully saturated rings. The summed E-state index contributed by atoms with van der Waals surface area (Å²) in [6, 6.07) is 16.8. The average Bonchev–Trinajstić information content (AvgIpc) is 3.24. The number of nitrogens with one attached hydrogen (secondary N) is 1. The number of para-hydroxylation sites is 1. The van der Waals surface area contributed by atoms with Crippen LogP contribution in [0.15, 0.2) is 66.2 Å². The molecule has 31 heavy (non-hydrogen) atoms. The van der Waals surface area contributed by atoms with Crippen LogP contribution in [0.1, 0.15) is 16.1 Å². The lowest BCUT2D eigenvalue weighted by Crippen LogP contribution is -2.38. The fourth-order valence-corrected chi connectivity index (χ4v) is 4.02. The Morgan fingerprint density at radius 2 is 1.87 bits per heavy atom. The smallest absolute Gasteiger partial charge is 0.265 e. The third-order valence-electron chi connectivity index (χ3n) is 5.03. The van der Waals surface area contributed by atoms with Crippen LogP contribution in [-0.4, -0.2) is 54.5 Å². The lowest BCUT2D eigenvalue weighted by atomic mass is 10.3. The van der Waals surface area contributed by atoms with E-state index in [2.05, 4.69) is 15.2 Å². The quantitative estimate of drug-likeness (QED) is 0.640. The van der Waals surface area contributed by atoms with E-state index in [0.717, 1.165) is 18.8 Å². The van der Waals surface area contributed by atoms with Crippen LogP contribution >= 0.6 is 11.3 Å². The molecular formula is C23H24N4O3S. The van der Waals surface area contributed by atoms with E-state index < -0.39 is 0 Å². The number of rotatable bonds is 6. The van der Waals surface area contributed by atoms with Crippen molar-refractivity contribution in [1.82, 2.24) is 9.88 Å². The molecule has 0 atom stereocenters. The SMILES string of the molecule is O=C(Nc1ccc(N2CCCN(C(=O)COc3ccccc3)CC2)nc1)c1cccs1. The van der Waals surface area contributed by atoms with Crippen molar-refractivity contribution in [2.75, 3.05) is 43.0 Å². The van der Waals surface area contributed by atoms with Crippen molar-refractivity contribution < 1.29 is 14.3 Å². The van der Waals surface area contributed by atoms with Gasteiger partial charge in [0, 0.05) is 26.2 Å². The molecule has 1 aliphatic rings. The van der Waals surface area contributed by atoms with Crippen molar-refractivity contribution in [3.8, 4) is 5.75 Å². The van der Waals surface area contributed by atoms with Gasteiger partial charge >= 0.3 is 0 Å². The highest BCUT2D eigenvalue weighted by molar-refractivity contribution is 7.12. The molecule has 0 bridgehead atoms. The lowest BCUT2D eigenvalue weighted by Gasteiger charge is -2.23. The summed E-state index contributed by atoms with van der Waals surface area (Å²) in [5, 5.41) is 4.73. The first-order chi connectivity index (χ1) is 15.2. The molecule has 1 aromatic carbocycles. The summed E-state index contributed by atoms with van der Waals surface area (Å²) in [5.41, 5.74) is 0.659. The van der Waals surface area contributed by atoms with E-state index in [4.69, 9.17) is 4.74 Å². The largest absolute Gasteiger partial charge is 0.484 e. The van der Waals surface area contributed by atoms with Gasteiger partial charge in [0.05, 0.1) is 16.8 Å². The van der Waals surface area contributed by atoms with Crippen LogP contribution in [0.5, 0.6) is 5.75 Å². The standard InChI is InChI=1S/C23H24N4O3S/c28-22(17-30-19-6-2-1-3-7-19)27-12-5-11-26(13-14-27)21-10-9-18(16-24-21)25-23(29)20-8-4-15-31-20/h1-4,6-10,15-16H,5,11-14,17H2,(H,25,29). The molecule has 7 nitrogen and oxygen atoms in total. The van der Waals surface area contributed by atoms with E-state index >= 15 is 0 Å². The third kappa shape index (κ3) is 5.61. The Bertz CT molecular complexity index is 993. The third-order valence-corrected chi connectivity index (χ3v) is 5.90. The van der Waals surface area contributed by atoms with E-state index in [-0.39, 0.29) is 18.4 Å². The van der Waals surface area contributed by atoms with Crippen LogP contribution in [0.4, 0.5) is 11.5 Å². The second kappa shape index (κ2) is 10.1. The molecule has 4 rings (SSSR count). The summed E-state index contributed by atoms with van der Waals surface area (Å²) in [6.45, 7) is 2.88. The lowest BCUT2D eigenvalue weighted by molar-refractivity contribution is -0.133.